The summed E-state index contributed by atoms with van der Waals surface area (Å²) in [4.78, 5) is 12.2. The van der Waals surface area contributed by atoms with Gasteiger partial charge in [0, 0.05) is 5.92 Å². The summed E-state index contributed by atoms with van der Waals surface area (Å²) in [5.74, 6) is -2.47. The summed E-state index contributed by atoms with van der Waals surface area (Å²) < 4.78 is 50.6. The first-order valence-corrected chi connectivity index (χ1v) is 7.22. The van der Waals surface area contributed by atoms with Gasteiger partial charge in [-0.2, -0.15) is 13.2 Å². The second-order valence-electron chi connectivity index (χ2n) is 5.41. The lowest BCUT2D eigenvalue weighted by Gasteiger charge is -2.30. The normalized spacial score (nSPS) is 24.6. The zero-order valence-electron chi connectivity index (χ0n) is 11.2. The third-order valence-electron chi connectivity index (χ3n) is 4.00. The van der Waals surface area contributed by atoms with Crippen molar-refractivity contribution in [2.24, 2.45) is 11.8 Å². The molecule has 1 aromatic rings. The van der Waals surface area contributed by atoms with Crippen molar-refractivity contribution in [1.29, 1.82) is 0 Å². The van der Waals surface area contributed by atoms with Gasteiger partial charge in [0.25, 0.3) is 0 Å². The van der Waals surface area contributed by atoms with Crippen molar-refractivity contribution < 1.29 is 22.4 Å². The standard InChI is InChI=1S/C15H15ClF4O/c16-13(9-3-7-12(17)8-4-9)14(21)10-1-5-11(6-2-10)15(18,19)20/h3-4,7-8,10-11,13H,1-2,5-6H2. The van der Waals surface area contributed by atoms with Gasteiger partial charge in [-0.3, -0.25) is 4.79 Å². The van der Waals surface area contributed by atoms with Crippen molar-refractivity contribution in [3.05, 3.63) is 35.6 Å². The molecule has 0 amide bonds. The van der Waals surface area contributed by atoms with Gasteiger partial charge < -0.3 is 0 Å². The Kier molecular flexibility index (Phi) is 4.91. The summed E-state index contributed by atoms with van der Waals surface area (Å²) in [7, 11) is 0. The third-order valence-corrected chi connectivity index (χ3v) is 4.47. The quantitative estimate of drug-likeness (QED) is 0.562. The van der Waals surface area contributed by atoms with Crippen LogP contribution in [0.25, 0.3) is 0 Å². The Bertz CT molecular complexity index is 489. The molecule has 0 heterocycles. The number of rotatable bonds is 3. The van der Waals surface area contributed by atoms with Crippen molar-refractivity contribution in [3.63, 3.8) is 0 Å². The average molecular weight is 323 g/mol. The maximum Gasteiger partial charge on any atom is 0.391 e. The maximum atomic E-state index is 12.8. The van der Waals surface area contributed by atoms with E-state index in [0.717, 1.165) is 0 Å². The van der Waals surface area contributed by atoms with E-state index in [0.29, 0.717) is 5.56 Å². The molecule has 1 aromatic carbocycles. The Morgan fingerprint density at radius 2 is 1.62 bits per heavy atom. The van der Waals surface area contributed by atoms with Gasteiger partial charge in [0.2, 0.25) is 0 Å². The Balaban J connectivity index is 1.97. The van der Waals surface area contributed by atoms with Crippen LogP contribution in [0.15, 0.2) is 24.3 Å². The van der Waals surface area contributed by atoms with Crippen molar-refractivity contribution in [2.75, 3.05) is 0 Å². The summed E-state index contributed by atoms with van der Waals surface area (Å²) in [6.07, 6.45) is -3.86. The van der Waals surface area contributed by atoms with Crippen LogP contribution in [-0.2, 0) is 4.79 Å². The minimum absolute atomic E-state index is 0.0348. The van der Waals surface area contributed by atoms with E-state index >= 15 is 0 Å². The molecule has 116 valence electrons. The predicted molar refractivity (Wildman–Crippen MR) is 71.5 cm³/mol. The van der Waals surface area contributed by atoms with Crippen LogP contribution in [-0.4, -0.2) is 12.0 Å². The Morgan fingerprint density at radius 3 is 2.10 bits per heavy atom. The van der Waals surface area contributed by atoms with Crippen LogP contribution in [0.5, 0.6) is 0 Å². The lowest BCUT2D eigenvalue weighted by molar-refractivity contribution is -0.184. The Hall–Kier alpha value is -1.10. The second kappa shape index (κ2) is 6.34. The van der Waals surface area contributed by atoms with Crippen LogP contribution >= 0.6 is 11.6 Å². The molecule has 1 aliphatic carbocycles. The van der Waals surface area contributed by atoms with Crippen LogP contribution in [0.1, 0.15) is 36.6 Å². The van der Waals surface area contributed by atoms with Gasteiger partial charge in [-0.25, -0.2) is 4.39 Å². The number of alkyl halides is 4. The molecule has 0 saturated heterocycles. The largest absolute Gasteiger partial charge is 0.391 e. The molecule has 0 radical (unpaired) electrons. The number of ketones is 1. The lowest BCUT2D eigenvalue weighted by Crippen LogP contribution is -2.31. The number of halogens is 5. The number of benzene rings is 1. The molecule has 0 aliphatic heterocycles. The number of hydrogen-bond donors (Lipinski definition) is 0. The van der Waals surface area contributed by atoms with Crippen LogP contribution in [0.4, 0.5) is 17.6 Å². The smallest absolute Gasteiger partial charge is 0.297 e. The monoisotopic (exact) mass is 322 g/mol. The van der Waals surface area contributed by atoms with Gasteiger partial charge >= 0.3 is 6.18 Å². The molecule has 1 fully saturated rings. The fraction of sp³-hybridized carbons (Fsp3) is 0.533. The molecule has 1 aliphatic rings. The lowest BCUT2D eigenvalue weighted by atomic mass is 9.78. The summed E-state index contributed by atoms with van der Waals surface area (Å²) in [5, 5.41) is -0.932. The molecule has 21 heavy (non-hydrogen) atoms. The average Bonchev–Trinajstić information content (AvgIpc) is 2.46. The Morgan fingerprint density at radius 1 is 1.10 bits per heavy atom. The van der Waals surface area contributed by atoms with E-state index in [1.807, 2.05) is 0 Å². The first kappa shape index (κ1) is 16.3. The van der Waals surface area contributed by atoms with Crippen molar-refractivity contribution in [3.8, 4) is 0 Å². The van der Waals surface area contributed by atoms with Crippen LogP contribution in [0.2, 0.25) is 0 Å². The van der Waals surface area contributed by atoms with E-state index < -0.39 is 29.2 Å². The molecule has 6 heteroatoms. The van der Waals surface area contributed by atoms with Gasteiger partial charge in [0.1, 0.15) is 11.2 Å². The fourth-order valence-electron chi connectivity index (χ4n) is 2.71. The SMILES string of the molecule is O=C(C1CCC(C(F)(F)F)CC1)C(Cl)c1ccc(F)cc1. The number of Topliss-reactive ketones (excluding diaryl/α,β-unsaturated/α-hetero) is 1. The first-order chi connectivity index (χ1) is 9.79. The highest BCUT2D eigenvalue weighted by Gasteiger charge is 2.43. The highest BCUT2D eigenvalue weighted by Crippen LogP contribution is 2.41. The van der Waals surface area contributed by atoms with Crippen molar-refractivity contribution >= 4 is 17.4 Å². The molecular formula is C15H15ClF4O. The highest BCUT2D eigenvalue weighted by molar-refractivity contribution is 6.31. The van der Waals surface area contributed by atoms with Gasteiger partial charge in [0.05, 0.1) is 5.92 Å². The van der Waals surface area contributed by atoms with Gasteiger partial charge in [-0.1, -0.05) is 12.1 Å². The van der Waals surface area contributed by atoms with Gasteiger partial charge in [-0.15, -0.1) is 11.6 Å². The topological polar surface area (TPSA) is 17.1 Å². The fourth-order valence-corrected chi connectivity index (χ4v) is 3.03. The Labute approximate surface area is 125 Å². The number of carbonyl (C=O) groups excluding carboxylic acids is 1. The van der Waals surface area contributed by atoms with E-state index in [9.17, 15) is 22.4 Å². The van der Waals surface area contributed by atoms with E-state index in [1.165, 1.54) is 24.3 Å². The van der Waals surface area contributed by atoms with E-state index in [4.69, 9.17) is 11.6 Å². The molecular weight excluding hydrogens is 308 g/mol. The summed E-state index contributed by atoms with van der Waals surface area (Å²) in [5.41, 5.74) is 0.473. The molecule has 0 bridgehead atoms. The van der Waals surface area contributed by atoms with E-state index in [1.54, 1.807) is 0 Å². The molecule has 1 unspecified atom stereocenters. The third kappa shape index (κ3) is 3.96. The highest BCUT2D eigenvalue weighted by atomic mass is 35.5. The molecule has 0 N–H and O–H groups in total. The first-order valence-electron chi connectivity index (χ1n) is 6.79. The van der Waals surface area contributed by atoms with Crippen LogP contribution < -0.4 is 0 Å². The van der Waals surface area contributed by atoms with Crippen molar-refractivity contribution in [2.45, 2.75) is 37.2 Å². The molecule has 1 saturated carbocycles. The summed E-state index contributed by atoms with van der Waals surface area (Å²) in [6, 6.07) is 5.26. The second-order valence-corrected chi connectivity index (χ2v) is 5.84. The zero-order chi connectivity index (χ0) is 15.6. The van der Waals surface area contributed by atoms with Gasteiger partial charge in [-0.05, 0) is 43.4 Å². The van der Waals surface area contributed by atoms with Crippen molar-refractivity contribution in [1.82, 2.24) is 0 Å². The minimum atomic E-state index is -4.19. The summed E-state index contributed by atoms with van der Waals surface area (Å²) in [6.45, 7) is 0. The molecule has 1 nitrogen and oxygen atoms in total. The van der Waals surface area contributed by atoms with E-state index in [2.05, 4.69) is 0 Å². The number of carbonyl (C=O) groups is 1. The maximum absolute atomic E-state index is 12.8. The molecule has 2 rings (SSSR count). The molecule has 0 aromatic heterocycles. The zero-order valence-corrected chi connectivity index (χ0v) is 11.9. The van der Waals surface area contributed by atoms with Crippen LogP contribution in [0, 0.1) is 17.7 Å². The van der Waals surface area contributed by atoms with Crippen LogP contribution in [0.3, 0.4) is 0 Å². The minimum Gasteiger partial charge on any atom is -0.297 e. The molecule has 1 atom stereocenters. The van der Waals surface area contributed by atoms with Gasteiger partial charge in [0.15, 0.2) is 5.78 Å². The summed E-state index contributed by atoms with van der Waals surface area (Å²) >= 11 is 6.07. The number of hydrogen-bond acceptors (Lipinski definition) is 1. The molecule has 0 spiro atoms. The predicted octanol–water partition coefficient (Wildman–Crippen LogP) is 5.04. The van der Waals surface area contributed by atoms with E-state index in [-0.39, 0.29) is 31.5 Å².